The van der Waals surface area contributed by atoms with Gasteiger partial charge in [0.25, 0.3) is 0 Å². The van der Waals surface area contributed by atoms with Gasteiger partial charge in [0.15, 0.2) is 11.5 Å². The number of hydrogen-bond acceptors (Lipinski definition) is 4. The van der Waals surface area contributed by atoms with Crippen LogP contribution in [0.15, 0.2) is 24.3 Å². The monoisotopic (exact) mass is 251 g/mol. The Hall–Kier alpha value is -1.26. The topological polar surface area (TPSA) is 41.9 Å². The zero-order valence-corrected chi connectivity index (χ0v) is 11.0. The van der Waals surface area contributed by atoms with Gasteiger partial charge in [-0.2, -0.15) is 0 Å². The van der Waals surface area contributed by atoms with Gasteiger partial charge in [-0.15, -0.1) is 0 Å². The largest absolute Gasteiger partial charge is 0.490 e. The highest BCUT2D eigenvalue weighted by molar-refractivity contribution is 5.39. The molecule has 18 heavy (non-hydrogen) atoms. The molecule has 0 amide bonds. The highest BCUT2D eigenvalue weighted by Gasteiger charge is 2.32. The molecule has 1 aliphatic heterocycles. The van der Waals surface area contributed by atoms with E-state index in [0.29, 0.717) is 18.9 Å². The van der Waals surface area contributed by atoms with Crippen LogP contribution in [0.25, 0.3) is 0 Å². The lowest BCUT2D eigenvalue weighted by atomic mass is 10.2. The number of benzene rings is 1. The standard InChI is InChI=1S/C14H21NO3/c1-3-15-9-11(16)14(10-15)18-13-8-6-5-7-12(13)17-4-2/h5-8,11,14,16H,3-4,9-10H2,1-2H3/t11-,14-/m1/s1. The van der Waals surface area contributed by atoms with E-state index in [1.54, 1.807) is 0 Å². The quantitative estimate of drug-likeness (QED) is 0.861. The summed E-state index contributed by atoms with van der Waals surface area (Å²) >= 11 is 0. The Morgan fingerprint density at radius 3 is 2.56 bits per heavy atom. The van der Waals surface area contributed by atoms with Gasteiger partial charge in [0.2, 0.25) is 0 Å². The first-order chi connectivity index (χ1) is 8.74. The molecule has 2 rings (SSSR count). The normalized spacial score (nSPS) is 24.2. The van der Waals surface area contributed by atoms with Crippen molar-refractivity contribution in [2.45, 2.75) is 26.1 Å². The molecule has 1 heterocycles. The first kappa shape index (κ1) is 13.2. The molecule has 0 aliphatic carbocycles. The van der Waals surface area contributed by atoms with Crippen molar-refractivity contribution < 1.29 is 14.6 Å². The van der Waals surface area contributed by atoms with E-state index in [-0.39, 0.29) is 6.10 Å². The highest BCUT2D eigenvalue weighted by atomic mass is 16.5. The summed E-state index contributed by atoms with van der Waals surface area (Å²) in [5, 5.41) is 9.97. The van der Waals surface area contributed by atoms with Crippen LogP contribution in [-0.2, 0) is 0 Å². The molecule has 2 atom stereocenters. The average Bonchev–Trinajstić information content (AvgIpc) is 2.73. The molecule has 1 aliphatic rings. The molecule has 1 saturated heterocycles. The number of aliphatic hydroxyl groups is 1. The summed E-state index contributed by atoms with van der Waals surface area (Å²) in [6.45, 7) is 7.01. The number of hydrogen-bond donors (Lipinski definition) is 1. The Morgan fingerprint density at radius 1 is 1.22 bits per heavy atom. The SMILES string of the molecule is CCOc1ccccc1O[C@@H]1CN(CC)C[C@H]1O. The van der Waals surface area contributed by atoms with Crippen LogP contribution in [0, 0.1) is 0 Å². The lowest BCUT2D eigenvalue weighted by Gasteiger charge is -2.18. The van der Waals surface area contributed by atoms with E-state index in [1.165, 1.54) is 0 Å². The van der Waals surface area contributed by atoms with Gasteiger partial charge in [0.1, 0.15) is 12.2 Å². The fourth-order valence-corrected chi connectivity index (χ4v) is 2.19. The predicted octanol–water partition coefficient (Wildman–Crippen LogP) is 1.53. The van der Waals surface area contributed by atoms with Crippen molar-refractivity contribution in [1.29, 1.82) is 0 Å². The van der Waals surface area contributed by atoms with E-state index in [0.717, 1.165) is 18.8 Å². The summed E-state index contributed by atoms with van der Waals surface area (Å²) in [7, 11) is 0. The molecular weight excluding hydrogens is 230 g/mol. The fraction of sp³-hybridized carbons (Fsp3) is 0.571. The zero-order chi connectivity index (χ0) is 13.0. The highest BCUT2D eigenvalue weighted by Crippen LogP contribution is 2.29. The number of nitrogens with zero attached hydrogens (tertiary/aromatic N) is 1. The van der Waals surface area contributed by atoms with Gasteiger partial charge < -0.3 is 14.6 Å². The predicted molar refractivity (Wildman–Crippen MR) is 70.1 cm³/mol. The second-order valence-electron chi connectivity index (χ2n) is 4.46. The Labute approximate surface area is 108 Å². The maximum absolute atomic E-state index is 9.97. The maximum atomic E-state index is 9.97. The molecule has 1 N–H and O–H groups in total. The van der Waals surface area contributed by atoms with E-state index in [1.807, 2.05) is 31.2 Å². The number of ether oxygens (including phenoxy) is 2. The molecule has 0 saturated carbocycles. The van der Waals surface area contributed by atoms with Gasteiger partial charge >= 0.3 is 0 Å². The van der Waals surface area contributed by atoms with Crippen molar-refractivity contribution in [2.24, 2.45) is 0 Å². The van der Waals surface area contributed by atoms with Gasteiger partial charge in [-0.3, -0.25) is 4.90 Å². The van der Waals surface area contributed by atoms with Crippen molar-refractivity contribution in [3.8, 4) is 11.5 Å². The smallest absolute Gasteiger partial charge is 0.161 e. The van der Waals surface area contributed by atoms with E-state index in [2.05, 4.69) is 11.8 Å². The molecule has 4 nitrogen and oxygen atoms in total. The van der Waals surface area contributed by atoms with Gasteiger partial charge in [-0.05, 0) is 25.6 Å². The third-order valence-corrected chi connectivity index (χ3v) is 3.19. The van der Waals surface area contributed by atoms with Crippen LogP contribution in [0.4, 0.5) is 0 Å². The van der Waals surface area contributed by atoms with Crippen LogP contribution in [0.2, 0.25) is 0 Å². The van der Waals surface area contributed by atoms with Crippen LogP contribution >= 0.6 is 0 Å². The van der Waals surface area contributed by atoms with Gasteiger partial charge in [0, 0.05) is 13.1 Å². The van der Waals surface area contributed by atoms with Crippen molar-refractivity contribution in [2.75, 3.05) is 26.2 Å². The van der Waals surface area contributed by atoms with Crippen molar-refractivity contribution >= 4 is 0 Å². The van der Waals surface area contributed by atoms with E-state index >= 15 is 0 Å². The summed E-state index contributed by atoms with van der Waals surface area (Å²) in [5.41, 5.74) is 0. The molecule has 1 aromatic carbocycles. The average molecular weight is 251 g/mol. The fourth-order valence-electron chi connectivity index (χ4n) is 2.19. The molecule has 4 heteroatoms. The minimum absolute atomic E-state index is 0.174. The zero-order valence-electron chi connectivity index (χ0n) is 11.0. The minimum Gasteiger partial charge on any atom is -0.490 e. The van der Waals surface area contributed by atoms with Crippen LogP contribution in [0.3, 0.4) is 0 Å². The molecule has 0 bridgehead atoms. The Kier molecular flexibility index (Phi) is 4.44. The van der Waals surface area contributed by atoms with E-state index in [9.17, 15) is 5.11 Å². The molecule has 0 aromatic heterocycles. The Bertz CT molecular complexity index is 383. The Balaban J connectivity index is 2.05. The second kappa shape index (κ2) is 6.07. The van der Waals surface area contributed by atoms with Gasteiger partial charge in [0.05, 0.1) is 6.61 Å². The minimum atomic E-state index is -0.431. The number of likely N-dealkylation sites (tertiary alicyclic amines) is 1. The van der Waals surface area contributed by atoms with Crippen LogP contribution < -0.4 is 9.47 Å². The van der Waals surface area contributed by atoms with Crippen molar-refractivity contribution in [3.63, 3.8) is 0 Å². The second-order valence-corrected chi connectivity index (χ2v) is 4.46. The van der Waals surface area contributed by atoms with E-state index < -0.39 is 6.10 Å². The number of para-hydroxylation sites is 2. The number of rotatable bonds is 5. The van der Waals surface area contributed by atoms with Gasteiger partial charge in [-0.1, -0.05) is 19.1 Å². The van der Waals surface area contributed by atoms with Crippen molar-refractivity contribution in [3.05, 3.63) is 24.3 Å². The summed E-state index contributed by atoms with van der Waals surface area (Å²) in [5.74, 6) is 1.45. The van der Waals surface area contributed by atoms with Crippen molar-refractivity contribution in [1.82, 2.24) is 4.90 Å². The lowest BCUT2D eigenvalue weighted by Crippen LogP contribution is -2.30. The first-order valence-corrected chi connectivity index (χ1v) is 6.53. The molecule has 0 unspecified atom stereocenters. The number of likely N-dealkylation sites (N-methyl/N-ethyl adjacent to an activating group) is 1. The summed E-state index contributed by atoms with van der Waals surface area (Å²) in [6.07, 6.45) is -0.605. The molecule has 100 valence electrons. The van der Waals surface area contributed by atoms with E-state index in [4.69, 9.17) is 9.47 Å². The maximum Gasteiger partial charge on any atom is 0.161 e. The summed E-state index contributed by atoms with van der Waals surface area (Å²) in [4.78, 5) is 2.18. The third-order valence-electron chi connectivity index (χ3n) is 3.19. The number of aliphatic hydroxyl groups excluding tert-OH is 1. The van der Waals surface area contributed by atoms with Crippen LogP contribution in [0.5, 0.6) is 11.5 Å². The molecule has 0 radical (unpaired) electrons. The number of β-amino-alcohol motifs (C(OH)–C–C–N with tert-alkyl or cyclic N) is 1. The van der Waals surface area contributed by atoms with Gasteiger partial charge in [-0.25, -0.2) is 0 Å². The Morgan fingerprint density at radius 2 is 1.94 bits per heavy atom. The van der Waals surface area contributed by atoms with Crippen LogP contribution in [-0.4, -0.2) is 48.5 Å². The molecule has 0 spiro atoms. The summed E-state index contributed by atoms with van der Waals surface area (Å²) in [6, 6.07) is 7.60. The molecular formula is C14H21NO3. The summed E-state index contributed by atoms with van der Waals surface area (Å²) < 4.78 is 11.4. The molecule has 1 fully saturated rings. The lowest BCUT2D eigenvalue weighted by molar-refractivity contribution is 0.0713. The first-order valence-electron chi connectivity index (χ1n) is 6.53. The third kappa shape index (κ3) is 2.94. The molecule has 1 aromatic rings. The van der Waals surface area contributed by atoms with Crippen LogP contribution in [0.1, 0.15) is 13.8 Å².